The highest BCUT2D eigenvalue weighted by Crippen LogP contribution is 2.21. The van der Waals surface area contributed by atoms with E-state index < -0.39 is 0 Å². The fraction of sp³-hybridized carbons (Fsp3) is 0.350. The molecule has 2 heterocycles. The second-order valence-electron chi connectivity index (χ2n) is 6.72. The summed E-state index contributed by atoms with van der Waals surface area (Å²) in [7, 11) is 0. The third-order valence-electron chi connectivity index (χ3n) is 4.78. The fourth-order valence-electron chi connectivity index (χ4n) is 3.53. The molecule has 0 atom stereocenters. The molecule has 1 aliphatic heterocycles. The molecule has 1 aromatic carbocycles. The second kappa shape index (κ2) is 7.15. The highest BCUT2D eigenvalue weighted by Gasteiger charge is 2.21. The standard InChI is InChI=1S/C20H23N3O3/c1-12-17(14(3)24)13(2)21-18(12)19(25)22-16-8-6-7-15(11-16)20(26)23-9-4-5-10-23/h6-8,11,21H,4-5,9-10H2,1-3H3,(H,22,25). The molecule has 0 saturated carbocycles. The van der Waals surface area contributed by atoms with Gasteiger partial charge < -0.3 is 15.2 Å². The number of amides is 2. The van der Waals surface area contributed by atoms with Gasteiger partial charge >= 0.3 is 0 Å². The molecule has 2 N–H and O–H groups in total. The molecule has 136 valence electrons. The number of carbonyl (C=O) groups is 3. The van der Waals surface area contributed by atoms with Crippen molar-refractivity contribution in [3.63, 3.8) is 0 Å². The van der Waals surface area contributed by atoms with Crippen LogP contribution in [0, 0.1) is 13.8 Å². The van der Waals surface area contributed by atoms with E-state index in [9.17, 15) is 14.4 Å². The number of aryl methyl sites for hydroxylation is 1. The molecule has 0 bridgehead atoms. The summed E-state index contributed by atoms with van der Waals surface area (Å²) in [5.74, 6) is -0.415. The van der Waals surface area contributed by atoms with E-state index in [1.807, 2.05) is 4.90 Å². The predicted molar refractivity (Wildman–Crippen MR) is 99.8 cm³/mol. The van der Waals surface area contributed by atoms with Crippen LogP contribution in [0.5, 0.6) is 0 Å². The van der Waals surface area contributed by atoms with Crippen molar-refractivity contribution < 1.29 is 14.4 Å². The maximum absolute atomic E-state index is 12.6. The summed E-state index contributed by atoms with van der Waals surface area (Å²) < 4.78 is 0. The van der Waals surface area contributed by atoms with E-state index in [-0.39, 0.29) is 17.6 Å². The van der Waals surface area contributed by atoms with Crippen molar-refractivity contribution in [2.24, 2.45) is 0 Å². The number of nitrogens with zero attached hydrogens (tertiary/aromatic N) is 1. The number of hydrogen-bond donors (Lipinski definition) is 2. The molecule has 0 unspecified atom stereocenters. The van der Waals surface area contributed by atoms with Gasteiger partial charge in [0.25, 0.3) is 11.8 Å². The van der Waals surface area contributed by atoms with Gasteiger partial charge in [0.1, 0.15) is 5.69 Å². The van der Waals surface area contributed by atoms with Crippen molar-refractivity contribution in [1.82, 2.24) is 9.88 Å². The number of hydrogen-bond acceptors (Lipinski definition) is 3. The summed E-state index contributed by atoms with van der Waals surface area (Å²) in [6.07, 6.45) is 2.07. The molecule has 1 fully saturated rings. The number of H-pyrrole nitrogens is 1. The van der Waals surface area contributed by atoms with E-state index in [1.54, 1.807) is 38.1 Å². The van der Waals surface area contributed by atoms with Crippen LogP contribution in [0.2, 0.25) is 0 Å². The number of aromatic nitrogens is 1. The summed E-state index contributed by atoms with van der Waals surface area (Å²) in [5.41, 5.74) is 3.34. The number of aromatic amines is 1. The number of Topliss-reactive ketones (excluding diaryl/α,β-unsaturated/α-hetero) is 1. The Bertz CT molecular complexity index is 876. The molecule has 2 aromatic rings. The molecule has 3 rings (SSSR count). The quantitative estimate of drug-likeness (QED) is 0.827. The molecule has 0 radical (unpaired) electrons. The van der Waals surface area contributed by atoms with Crippen LogP contribution in [0.4, 0.5) is 5.69 Å². The van der Waals surface area contributed by atoms with Crippen LogP contribution >= 0.6 is 0 Å². The van der Waals surface area contributed by atoms with Gasteiger partial charge in [-0.15, -0.1) is 0 Å². The normalized spacial score (nSPS) is 13.7. The lowest BCUT2D eigenvalue weighted by atomic mass is 10.1. The fourth-order valence-corrected chi connectivity index (χ4v) is 3.53. The maximum atomic E-state index is 12.6. The first kappa shape index (κ1) is 17.9. The van der Waals surface area contributed by atoms with E-state index in [0.717, 1.165) is 25.9 Å². The minimum Gasteiger partial charge on any atom is -0.354 e. The Hall–Kier alpha value is -2.89. The minimum atomic E-state index is -0.330. The molecule has 0 aliphatic carbocycles. The Labute approximate surface area is 152 Å². The number of anilines is 1. The van der Waals surface area contributed by atoms with Gasteiger partial charge in [-0.2, -0.15) is 0 Å². The number of nitrogens with one attached hydrogen (secondary N) is 2. The van der Waals surface area contributed by atoms with Crippen molar-refractivity contribution in [3.05, 3.63) is 52.3 Å². The Morgan fingerprint density at radius 3 is 2.42 bits per heavy atom. The van der Waals surface area contributed by atoms with Crippen LogP contribution in [0.25, 0.3) is 0 Å². The molecule has 1 aromatic heterocycles. The molecule has 6 heteroatoms. The van der Waals surface area contributed by atoms with Gasteiger partial charge in [0.05, 0.1) is 0 Å². The smallest absolute Gasteiger partial charge is 0.272 e. The molecular weight excluding hydrogens is 330 g/mol. The molecule has 2 amide bonds. The average molecular weight is 353 g/mol. The summed E-state index contributed by atoms with van der Waals surface area (Å²) in [6, 6.07) is 6.95. The average Bonchev–Trinajstić information content (AvgIpc) is 3.22. The Kier molecular flexibility index (Phi) is 4.93. The van der Waals surface area contributed by atoms with Crippen molar-refractivity contribution >= 4 is 23.3 Å². The number of ketones is 1. The van der Waals surface area contributed by atoms with Gasteiger partial charge in [-0.05, 0) is 57.4 Å². The lowest BCUT2D eigenvalue weighted by Crippen LogP contribution is -2.27. The summed E-state index contributed by atoms with van der Waals surface area (Å²) in [6.45, 7) is 6.57. The van der Waals surface area contributed by atoms with Gasteiger partial charge in [-0.1, -0.05) is 6.07 Å². The first-order chi connectivity index (χ1) is 12.4. The van der Waals surface area contributed by atoms with E-state index in [2.05, 4.69) is 10.3 Å². The van der Waals surface area contributed by atoms with E-state index in [1.165, 1.54) is 6.92 Å². The number of rotatable bonds is 4. The zero-order valence-corrected chi connectivity index (χ0v) is 15.3. The zero-order chi connectivity index (χ0) is 18.8. The Morgan fingerprint density at radius 1 is 1.12 bits per heavy atom. The number of benzene rings is 1. The van der Waals surface area contributed by atoms with Crippen LogP contribution in [0.15, 0.2) is 24.3 Å². The van der Waals surface area contributed by atoms with Crippen LogP contribution in [-0.4, -0.2) is 40.6 Å². The molecule has 6 nitrogen and oxygen atoms in total. The highest BCUT2D eigenvalue weighted by molar-refractivity contribution is 6.08. The van der Waals surface area contributed by atoms with E-state index >= 15 is 0 Å². The summed E-state index contributed by atoms with van der Waals surface area (Å²) >= 11 is 0. The summed E-state index contributed by atoms with van der Waals surface area (Å²) in [5, 5.41) is 2.81. The topological polar surface area (TPSA) is 82.3 Å². The monoisotopic (exact) mass is 353 g/mol. The number of likely N-dealkylation sites (tertiary alicyclic amines) is 1. The maximum Gasteiger partial charge on any atom is 0.272 e. The second-order valence-corrected chi connectivity index (χ2v) is 6.72. The first-order valence-electron chi connectivity index (χ1n) is 8.79. The minimum absolute atomic E-state index is 0.00985. The molecule has 26 heavy (non-hydrogen) atoms. The van der Waals surface area contributed by atoms with E-state index in [0.29, 0.717) is 33.8 Å². The van der Waals surface area contributed by atoms with Gasteiger partial charge in [0.2, 0.25) is 0 Å². The lowest BCUT2D eigenvalue weighted by molar-refractivity contribution is 0.0792. The predicted octanol–water partition coefficient (Wildman–Crippen LogP) is 3.32. The van der Waals surface area contributed by atoms with Gasteiger partial charge in [0.15, 0.2) is 5.78 Å². The number of carbonyl (C=O) groups excluding carboxylic acids is 3. The third-order valence-corrected chi connectivity index (χ3v) is 4.78. The molecule has 1 saturated heterocycles. The Balaban J connectivity index is 1.80. The van der Waals surface area contributed by atoms with Gasteiger partial charge in [0, 0.05) is 35.6 Å². The lowest BCUT2D eigenvalue weighted by Gasteiger charge is -2.15. The zero-order valence-electron chi connectivity index (χ0n) is 15.3. The van der Waals surface area contributed by atoms with Gasteiger partial charge in [-0.3, -0.25) is 14.4 Å². The third kappa shape index (κ3) is 3.40. The van der Waals surface area contributed by atoms with Crippen LogP contribution in [0.1, 0.15) is 62.2 Å². The van der Waals surface area contributed by atoms with Crippen LogP contribution in [0.3, 0.4) is 0 Å². The SMILES string of the molecule is CC(=O)c1c(C)[nH]c(C(=O)Nc2cccc(C(=O)N3CCCC3)c2)c1C. The Morgan fingerprint density at radius 2 is 1.81 bits per heavy atom. The molecule has 0 spiro atoms. The van der Waals surface area contributed by atoms with Crippen molar-refractivity contribution in [2.75, 3.05) is 18.4 Å². The largest absolute Gasteiger partial charge is 0.354 e. The summed E-state index contributed by atoms with van der Waals surface area (Å²) in [4.78, 5) is 41.7. The van der Waals surface area contributed by atoms with Crippen molar-refractivity contribution in [3.8, 4) is 0 Å². The van der Waals surface area contributed by atoms with Crippen LogP contribution in [-0.2, 0) is 0 Å². The highest BCUT2D eigenvalue weighted by atomic mass is 16.2. The van der Waals surface area contributed by atoms with Crippen LogP contribution < -0.4 is 5.32 Å². The van der Waals surface area contributed by atoms with E-state index in [4.69, 9.17) is 0 Å². The van der Waals surface area contributed by atoms with Crippen molar-refractivity contribution in [1.29, 1.82) is 0 Å². The van der Waals surface area contributed by atoms with Crippen molar-refractivity contribution in [2.45, 2.75) is 33.6 Å². The first-order valence-corrected chi connectivity index (χ1v) is 8.79. The molecular formula is C20H23N3O3. The molecule has 1 aliphatic rings. The van der Waals surface area contributed by atoms with Gasteiger partial charge in [-0.25, -0.2) is 0 Å².